The van der Waals surface area contributed by atoms with Gasteiger partial charge >= 0.3 is 0 Å². The van der Waals surface area contributed by atoms with Crippen LogP contribution in [0.1, 0.15) is 50.3 Å². The van der Waals surface area contributed by atoms with Crippen molar-refractivity contribution in [2.24, 2.45) is 0 Å². The molecule has 0 aliphatic heterocycles. The topological polar surface area (TPSA) is 20.3 Å². The van der Waals surface area contributed by atoms with Crippen molar-refractivity contribution in [1.82, 2.24) is 4.90 Å². The number of benzene rings is 2. The molecule has 0 aliphatic rings. The van der Waals surface area contributed by atoms with E-state index in [9.17, 15) is 4.79 Å². The van der Waals surface area contributed by atoms with Crippen molar-refractivity contribution >= 4 is 12.0 Å². The van der Waals surface area contributed by atoms with Crippen molar-refractivity contribution in [1.29, 1.82) is 0 Å². The predicted molar refractivity (Wildman–Crippen MR) is 102 cm³/mol. The van der Waals surface area contributed by atoms with Crippen LogP contribution in [-0.4, -0.2) is 16.8 Å². The van der Waals surface area contributed by atoms with E-state index in [1.54, 1.807) is 6.08 Å². The fourth-order valence-electron chi connectivity index (χ4n) is 2.55. The minimum Gasteiger partial charge on any atom is -0.332 e. The molecular formula is C22H27NO. The van der Waals surface area contributed by atoms with Crippen molar-refractivity contribution in [3.63, 3.8) is 0 Å². The maximum atomic E-state index is 12.6. The van der Waals surface area contributed by atoms with Gasteiger partial charge in [-0.25, -0.2) is 0 Å². The second kappa shape index (κ2) is 8.49. The summed E-state index contributed by atoms with van der Waals surface area (Å²) in [4.78, 5) is 14.5. The summed E-state index contributed by atoms with van der Waals surface area (Å²) in [6.45, 7) is 9.09. The number of hydrogen-bond donors (Lipinski definition) is 0. The summed E-state index contributed by atoms with van der Waals surface area (Å²) < 4.78 is 0. The van der Waals surface area contributed by atoms with E-state index in [1.165, 1.54) is 5.56 Å². The molecule has 0 aromatic heterocycles. The molecule has 2 heteroatoms. The van der Waals surface area contributed by atoms with Gasteiger partial charge in [-0.1, -0.05) is 68.4 Å². The van der Waals surface area contributed by atoms with Crippen LogP contribution in [0.4, 0.5) is 0 Å². The number of nitrogens with zero attached hydrogens (tertiary/aromatic N) is 1. The Morgan fingerprint density at radius 1 is 0.958 bits per heavy atom. The molecule has 0 saturated carbocycles. The smallest absolute Gasteiger partial charge is 0.247 e. The largest absolute Gasteiger partial charge is 0.332 e. The van der Waals surface area contributed by atoms with Crippen LogP contribution in [0.5, 0.6) is 0 Å². The Hall–Kier alpha value is -2.35. The van der Waals surface area contributed by atoms with Gasteiger partial charge in [-0.2, -0.15) is 0 Å². The quantitative estimate of drug-likeness (QED) is 0.665. The van der Waals surface area contributed by atoms with Crippen LogP contribution < -0.4 is 0 Å². The zero-order valence-electron chi connectivity index (χ0n) is 15.1. The molecular weight excluding hydrogens is 294 g/mol. The van der Waals surface area contributed by atoms with Gasteiger partial charge in [-0.15, -0.1) is 0 Å². The number of carbonyl (C=O) groups is 1. The Morgan fingerprint density at radius 2 is 1.58 bits per heavy atom. The highest BCUT2D eigenvalue weighted by Gasteiger charge is 2.14. The standard InChI is InChI=1S/C22H27NO/c1-17(2)21-13-10-19(11-14-21)12-15-22(24)23(18(3)4)16-20-8-6-5-7-9-20/h5-15,17-18H,16H2,1-4H3/b15-12+. The first-order chi connectivity index (χ1) is 11.5. The monoisotopic (exact) mass is 321 g/mol. The molecule has 2 aromatic rings. The van der Waals surface area contributed by atoms with Crippen molar-refractivity contribution in [3.8, 4) is 0 Å². The Labute approximate surface area is 145 Å². The number of hydrogen-bond acceptors (Lipinski definition) is 1. The molecule has 0 radical (unpaired) electrons. The summed E-state index contributed by atoms with van der Waals surface area (Å²) in [6.07, 6.45) is 3.57. The first kappa shape index (κ1) is 18.0. The van der Waals surface area contributed by atoms with E-state index in [2.05, 4.69) is 50.2 Å². The van der Waals surface area contributed by atoms with E-state index >= 15 is 0 Å². The molecule has 0 saturated heterocycles. The lowest BCUT2D eigenvalue weighted by Crippen LogP contribution is -2.35. The van der Waals surface area contributed by atoms with Crippen molar-refractivity contribution in [3.05, 3.63) is 77.4 Å². The van der Waals surface area contributed by atoms with Gasteiger partial charge in [0.2, 0.25) is 5.91 Å². The van der Waals surface area contributed by atoms with E-state index in [-0.39, 0.29) is 11.9 Å². The number of amides is 1. The van der Waals surface area contributed by atoms with Crippen LogP contribution in [0.2, 0.25) is 0 Å². The molecule has 0 spiro atoms. The Kier molecular flexibility index (Phi) is 6.36. The maximum absolute atomic E-state index is 12.6. The summed E-state index contributed by atoms with van der Waals surface area (Å²) >= 11 is 0. The molecule has 24 heavy (non-hydrogen) atoms. The molecule has 2 aromatic carbocycles. The summed E-state index contributed by atoms with van der Waals surface area (Å²) in [6, 6.07) is 18.6. The molecule has 0 aliphatic carbocycles. The summed E-state index contributed by atoms with van der Waals surface area (Å²) in [5, 5.41) is 0. The molecule has 126 valence electrons. The van der Waals surface area contributed by atoms with Gasteiger partial charge in [0, 0.05) is 18.7 Å². The van der Waals surface area contributed by atoms with Gasteiger partial charge < -0.3 is 4.90 Å². The lowest BCUT2D eigenvalue weighted by molar-refractivity contribution is -0.128. The van der Waals surface area contributed by atoms with Crippen molar-refractivity contribution < 1.29 is 4.79 Å². The van der Waals surface area contributed by atoms with E-state index in [1.807, 2.05) is 43.0 Å². The van der Waals surface area contributed by atoms with Crippen molar-refractivity contribution in [2.75, 3.05) is 0 Å². The van der Waals surface area contributed by atoms with E-state index in [0.29, 0.717) is 12.5 Å². The number of rotatable bonds is 6. The van der Waals surface area contributed by atoms with Crippen LogP contribution in [0.15, 0.2) is 60.7 Å². The Balaban J connectivity index is 2.07. The first-order valence-electron chi connectivity index (χ1n) is 8.60. The third-order valence-electron chi connectivity index (χ3n) is 4.12. The van der Waals surface area contributed by atoms with Crippen LogP contribution >= 0.6 is 0 Å². The van der Waals surface area contributed by atoms with Gasteiger partial charge in [0.1, 0.15) is 0 Å². The minimum absolute atomic E-state index is 0.0433. The third kappa shape index (κ3) is 5.09. The van der Waals surface area contributed by atoms with Crippen molar-refractivity contribution in [2.45, 2.75) is 46.2 Å². The second-order valence-corrected chi connectivity index (χ2v) is 6.70. The van der Waals surface area contributed by atoms with Gasteiger partial charge in [0.25, 0.3) is 0 Å². The van der Waals surface area contributed by atoms with Crippen LogP contribution in [0, 0.1) is 0 Å². The first-order valence-corrected chi connectivity index (χ1v) is 8.60. The highest BCUT2D eigenvalue weighted by molar-refractivity contribution is 5.92. The van der Waals surface area contributed by atoms with Gasteiger partial charge in [-0.05, 0) is 42.5 Å². The molecule has 1 amide bonds. The van der Waals surface area contributed by atoms with Gasteiger partial charge in [-0.3, -0.25) is 4.79 Å². The highest BCUT2D eigenvalue weighted by Crippen LogP contribution is 2.16. The molecule has 0 heterocycles. The third-order valence-corrected chi connectivity index (χ3v) is 4.12. The fourth-order valence-corrected chi connectivity index (χ4v) is 2.55. The Bertz CT molecular complexity index is 669. The average Bonchev–Trinajstić information content (AvgIpc) is 2.58. The van der Waals surface area contributed by atoms with Crippen LogP contribution in [0.25, 0.3) is 6.08 Å². The van der Waals surface area contributed by atoms with Crippen LogP contribution in [0.3, 0.4) is 0 Å². The second-order valence-electron chi connectivity index (χ2n) is 6.70. The summed E-state index contributed by atoms with van der Waals surface area (Å²) in [7, 11) is 0. The lowest BCUT2D eigenvalue weighted by atomic mass is 10.0. The highest BCUT2D eigenvalue weighted by atomic mass is 16.2. The zero-order valence-corrected chi connectivity index (χ0v) is 15.1. The average molecular weight is 321 g/mol. The summed E-state index contributed by atoms with van der Waals surface area (Å²) in [5.74, 6) is 0.564. The predicted octanol–water partition coefficient (Wildman–Crippen LogP) is 5.26. The Morgan fingerprint density at radius 3 is 2.12 bits per heavy atom. The normalized spacial score (nSPS) is 11.4. The summed E-state index contributed by atoms with van der Waals surface area (Å²) in [5.41, 5.74) is 3.51. The molecule has 0 N–H and O–H groups in total. The van der Waals surface area contributed by atoms with E-state index in [4.69, 9.17) is 0 Å². The SMILES string of the molecule is CC(C)c1ccc(/C=C/C(=O)N(Cc2ccccc2)C(C)C)cc1. The van der Waals surface area contributed by atoms with Gasteiger partial charge in [0.15, 0.2) is 0 Å². The fraction of sp³-hybridized carbons (Fsp3) is 0.318. The van der Waals surface area contributed by atoms with Gasteiger partial charge in [0.05, 0.1) is 0 Å². The molecule has 0 bridgehead atoms. The molecule has 2 nitrogen and oxygen atoms in total. The molecule has 0 unspecified atom stereocenters. The van der Waals surface area contributed by atoms with E-state index in [0.717, 1.165) is 11.1 Å². The minimum atomic E-state index is 0.0433. The van der Waals surface area contributed by atoms with E-state index < -0.39 is 0 Å². The zero-order chi connectivity index (χ0) is 17.5. The maximum Gasteiger partial charge on any atom is 0.247 e. The lowest BCUT2D eigenvalue weighted by Gasteiger charge is -2.25. The molecule has 0 fully saturated rings. The van der Waals surface area contributed by atoms with Crippen LogP contribution in [-0.2, 0) is 11.3 Å². The number of carbonyl (C=O) groups excluding carboxylic acids is 1. The molecule has 2 rings (SSSR count). The molecule has 0 atom stereocenters.